The van der Waals surface area contributed by atoms with Crippen LogP contribution in [0.3, 0.4) is 0 Å². The molecular formula is C10H20BN2O2. The molecule has 0 rings (SSSR count). The van der Waals surface area contributed by atoms with E-state index in [4.69, 9.17) is 15.8 Å². The third kappa shape index (κ3) is 5.00. The molecule has 0 saturated heterocycles. The Labute approximate surface area is 92.3 Å². The van der Waals surface area contributed by atoms with Crippen LogP contribution in [0.15, 0.2) is 11.8 Å². The van der Waals surface area contributed by atoms with Gasteiger partial charge in [0.1, 0.15) is 0 Å². The molecule has 0 aromatic heterocycles. The molecule has 0 aliphatic rings. The third-order valence-electron chi connectivity index (χ3n) is 2.34. The molecule has 0 atom stereocenters. The van der Waals surface area contributed by atoms with Crippen molar-refractivity contribution in [3.8, 4) is 0 Å². The van der Waals surface area contributed by atoms with Gasteiger partial charge in [-0.2, -0.15) is 0 Å². The van der Waals surface area contributed by atoms with Gasteiger partial charge in [-0.1, -0.05) is 0 Å². The van der Waals surface area contributed by atoms with E-state index in [1.807, 2.05) is 0 Å². The van der Waals surface area contributed by atoms with E-state index in [0.717, 1.165) is 0 Å². The van der Waals surface area contributed by atoms with Crippen molar-refractivity contribution in [3.05, 3.63) is 11.8 Å². The minimum Gasteiger partial charge on any atom is -0.425 e. The lowest BCUT2D eigenvalue weighted by molar-refractivity contribution is -0.0890. The normalized spacial score (nSPS) is 13.9. The third-order valence-corrected chi connectivity index (χ3v) is 2.34. The van der Waals surface area contributed by atoms with Gasteiger partial charge in [0.15, 0.2) is 0 Å². The molecule has 85 valence electrons. The first-order valence-electron chi connectivity index (χ1n) is 4.82. The van der Waals surface area contributed by atoms with Crippen molar-refractivity contribution in [2.75, 3.05) is 0 Å². The lowest BCUT2D eigenvalue weighted by Crippen LogP contribution is -2.48. The minimum absolute atomic E-state index is 0.173. The second-order valence-electron chi connectivity index (χ2n) is 4.65. The van der Waals surface area contributed by atoms with Crippen molar-refractivity contribution in [2.24, 2.45) is 5.73 Å². The van der Waals surface area contributed by atoms with Crippen LogP contribution in [-0.2, 0) is 4.65 Å². The van der Waals surface area contributed by atoms with Crippen molar-refractivity contribution < 1.29 is 9.76 Å². The summed E-state index contributed by atoms with van der Waals surface area (Å²) < 4.78 is 5.36. The summed E-state index contributed by atoms with van der Waals surface area (Å²) in [7, 11) is 1.29. The van der Waals surface area contributed by atoms with Gasteiger partial charge in [0.25, 0.3) is 0 Å². The molecule has 5 heteroatoms. The highest BCUT2D eigenvalue weighted by Gasteiger charge is 2.35. The maximum Gasteiger partial charge on any atom is 0.350 e. The molecule has 0 amide bonds. The van der Waals surface area contributed by atoms with Crippen molar-refractivity contribution >= 4 is 13.1 Å². The van der Waals surface area contributed by atoms with Crippen LogP contribution in [0, 0.1) is 5.41 Å². The average molecular weight is 211 g/mol. The van der Waals surface area contributed by atoms with E-state index < -0.39 is 11.2 Å². The molecular weight excluding hydrogens is 191 g/mol. The zero-order valence-electron chi connectivity index (χ0n) is 10.1. The Morgan fingerprint density at radius 1 is 1.40 bits per heavy atom. The first kappa shape index (κ1) is 14.2. The largest absolute Gasteiger partial charge is 0.425 e. The number of allylic oxidation sites excluding steroid dienone is 2. The maximum absolute atomic E-state index is 9.78. The highest BCUT2D eigenvalue weighted by Crippen LogP contribution is 2.24. The predicted molar refractivity (Wildman–Crippen MR) is 62.9 cm³/mol. The van der Waals surface area contributed by atoms with E-state index in [9.17, 15) is 5.11 Å². The molecule has 0 saturated carbocycles. The highest BCUT2D eigenvalue weighted by molar-refractivity contribution is 6.72. The Hall–Kier alpha value is -0.805. The topological polar surface area (TPSA) is 79.3 Å². The minimum atomic E-state index is -0.981. The number of hydrogen-bond donors (Lipinski definition) is 3. The summed E-state index contributed by atoms with van der Waals surface area (Å²) in [5.74, 6) is 0. The number of rotatable bonds is 5. The van der Waals surface area contributed by atoms with E-state index in [1.54, 1.807) is 34.6 Å². The van der Waals surface area contributed by atoms with Gasteiger partial charge in [0.05, 0.1) is 11.2 Å². The molecule has 15 heavy (non-hydrogen) atoms. The Balaban J connectivity index is 4.29. The van der Waals surface area contributed by atoms with Crippen LogP contribution in [0.4, 0.5) is 0 Å². The van der Waals surface area contributed by atoms with Gasteiger partial charge in [-0.3, -0.25) is 0 Å². The smallest absolute Gasteiger partial charge is 0.350 e. The van der Waals surface area contributed by atoms with Crippen LogP contribution in [-0.4, -0.2) is 29.4 Å². The Morgan fingerprint density at radius 3 is 2.20 bits per heavy atom. The number of nitrogens with two attached hydrogens (primary N) is 1. The number of aliphatic hydroxyl groups is 1. The quantitative estimate of drug-likeness (QED) is 0.469. The summed E-state index contributed by atoms with van der Waals surface area (Å²) in [5.41, 5.74) is 4.39. The van der Waals surface area contributed by atoms with Crippen molar-refractivity contribution in [3.63, 3.8) is 0 Å². The first-order valence-corrected chi connectivity index (χ1v) is 4.82. The summed E-state index contributed by atoms with van der Waals surface area (Å²) >= 11 is 0. The van der Waals surface area contributed by atoms with Crippen LogP contribution in [0.25, 0.3) is 0 Å². The average Bonchev–Trinajstić information content (AvgIpc) is 1.97. The SMILES string of the molecule is CC(N)=CC(=N)[B]OC(C)(C)C(C)(C)O. The van der Waals surface area contributed by atoms with Crippen LogP contribution in [0.2, 0.25) is 0 Å². The van der Waals surface area contributed by atoms with E-state index in [2.05, 4.69) is 0 Å². The van der Waals surface area contributed by atoms with Gasteiger partial charge < -0.3 is 20.9 Å². The van der Waals surface area contributed by atoms with Crippen LogP contribution < -0.4 is 5.73 Å². The lowest BCUT2D eigenvalue weighted by Gasteiger charge is -2.37. The van der Waals surface area contributed by atoms with Crippen LogP contribution in [0.5, 0.6) is 0 Å². The van der Waals surface area contributed by atoms with Gasteiger partial charge in [-0.15, -0.1) is 0 Å². The molecule has 0 aliphatic carbocycles. The molecule has 0 aromatic rings. The van der Waals surface area contributed by atoms with Crippen molar-refractivity contribution in [1.29, 1.82) is 5.41 Å². The fourth-order valence-corrected chi connectivity index (χ4v) is 0.634. The zero-order chi connectivity index (χ0) is 12.3. The summed E-state index contributed by atoms with van der Waals surface area (Å²) in [6.07, 6.45) is 1.49. The van der Waals surface area contributed by atoms with Crippen LogP contribution >= 0.6 is 0 Å². The highest BCUT2D eigenvalue weighted by atomic mass is 16.5. The summed E-state index contributed by atoms with van der Waals surface area (Å²) in [4.78, 5) is 0. The second-order valence-corrected chi connectivity index (χ2v) is 4.65. The maximum atomic E-state index is 9.78. The molecule has 4 nitrogen and oxygen atoms in total. The molecule has 0 fully saturated rings. The monoisotopic (exact) mass is 211 g/mol. The zero-order valence-corrected chi connectivity index (χ0v) is 10.1. The first-order chi connectivity index (χ1) is 6.56. The van der Waals surface area contributed by atoms with Crippen LogP contribution in [0.1, 0.15) is 34.6 Å². The molecule has 0 unspecified atom stereocenters. The Bertz CT molecular complexity index is 263. The molecule has 0 heterocycles. The molecule has 0 bridgehead atoms. The second kappa shape index (κ2) is 4.81. The van der Waals surface area contributed by atoms with Gasteiger partial charge in [-0.25, -0.2) is 0 Å². The Kier molecular flexibility index (Phi) is 4.55. The fraction of sp³-hybridized carbons (Fsp3) is 0.700. The van der Waals surface area contributed by atoms with Crippen molar-refractivity contribution in [1.82, 2.24) is 0 Å². The molecule has 1 radical (unpaired) electrons. The van der Waals surface area contributed by atoms with E-state index in [0.29, 0.717) is 5.70 Å². The number of nitrogens with one attached hydrogen (secondary N) is 1. The molecule has 0 aromatic carbocycles. The van der Waals surface area contributed by atoms with E-state index >= 15 is 0 Å². The summed E-state index contributed by atoms with van der Waals surface area (Å²) in [6, 6.07) is 0. The summed E-state index contributed by atoms with van der Waals surface area (Å²) in [5, 5.41) is 17.3. The van der Waals surface area contributed by atoms with Gasteiger partial charge in [-0.05, 0) is 40.7 Å². The van der Waals surface area contributed by atoms with E-state index in [-0.39, 0.29) is 5.61 Å². The predicted octanol–water partition coefficient (Wildman–Crippen LogP) is 1.01. The Morgan fingerprint density at radius 2 is 1.87 bits per heavy atom. The van der Waals surface area contributed by atoms with Crippen molar-refractivity contribution in [2.45, 2.75) is 45.8 Å². The van der Waals surface area contributed by atoms with Gasteiger partial charge >= 0.3 is 7.48 Å². The lowest BCUT2D eigenvalue weighted by atomic mass is 9.84. The number of hydrogen-bond acceptors (Lipinski definition) is 4. The molecule has 0 spiro atoms. The molecule has 0 aliphatic heterocycles. The fourth-order valence-electron chi connectivity index (χ4n) is 0.634. The van der Waals surface area contributed by atoms with Gasteiger partial charge in [0, 0.05) is 11.3 Å². The van der Waals surface area contributed by atoms with Gasteiger partial charge in [0.2, 0.25) is 0 Å². The van der Waals surface area contributed by atoms with E-state index in [1.165, 1.54) is 13.6 Å². The standard InChI is InChI=1S/C10H20BN2O2/c1-7(12)6-8(13)11-15-10(4,5)9(2,3)14/h6,13-14H,12H2,1-5H3. The molecule has 4 N–H and O–H groups in total. The summed E-state index contributed by atoms with van der Waals surface area (Å²) in [6.45, 7) is 8.54.